The number of fused-ring (bicyclic) bond motifs is 1. The molecule has 31 heavy (non-hydrogen) atoms. The number of carbonyl (C=O) groups is 3. The molecule has 10 heteroatoms. The number of hydrogen-bond acceptors (Lipinski definition) is 5. The summed E-state index contributed by atoms with van der Waals surface area (Å²) in [5.41, 5.74) is 0.613. The second kappa shape index (κ2) is 9.05. The van der Waals surface area contributed by atoms with Crippen molar-refractivity contribution in [2.24, 2.45) is 5.92 Å². The van der Waals surface area contributed by atoms with E-state index in [0.29, 0.717) is 24.2 Å². The van der Waals surface area contributed by atoms with Gasteiger partial charge in [-0.3, -0.25) is 19.3 Å². The first-order valence-corrected chi connectivity index (χ1v) is 12.1. The Bertz CT molecular complexity index is 931. The van der Waals surface area contributed by atoms with Crippen LogP contribution in [0.2, 0.25) is 0 Å². The lowest BCUT2D eigenvalue weighted by molar-refractivity contribution is -0.138. The van der Waals surface area contributed by atoms with Crippen LogP contribution in [0, 0.1) is 5.92 Å². The quantitative estimate of drug-likeness (QED) is 0.578. The Hall–Kier alpha value is -2.30. The molecule has 1 aromatic rings. The first kappa shape index (κ1) is 23.4. The lowest BCUT2D eigenvalue weighted by atomic mass is 10.0. The fraction of sp³-hybridized carbons (Fsp3) is 0.571. The molecule has 1 aromatic carbocycles. The molecule has 2 aliphatic rings. The summed E-state index contributed by atoms with van der Waals surface area (Å²) in [6, 6.07) is 5.63. The van der Waals surface area contributed by atoms with Gasteiger partial charge in [-0.1, -0.05) is 39.8 Å². The standard InChI is InChI=1S/C21H30N4O5S/c1-5-23(6-2)31(29,30)24-13-11-22(12-14-24)21(28)18(15(3)4)25-19(26)16-9-7-8-10-17(16)20(25)27/h7-10,15,18H,5-6,11-14H2,1-4H3. The zero-order chi connectivity index (χ0) is 22.9. The van der Waals surface area contributed by atoms with E-state index < -0.39 is 28.1 Å². The summed E-state index contributed by atoms with van der Waals surface area (Å²) >= 11 is 0. The molecular formula is C21H30N4O5S. The van der Waals surface area contributed by atoms with Crippen LogP contribution < -0.4 is 0 Å². The highest BCUT2D eigenvalue weighted by Crippen LogP contribution is 2.28. The Labute approximate surface area is 183 Å². The maximum absolute atomic E-state index is 13.4. The van der Waals surface area contributed by atoms with Gasteiger partial charge in [0.25, 0.3) is 22.0 Å². The van der Waals surface area contributed by atoms with E-state index in [9.17, 15) is 22.8 Å². The fourth-order valence-corrected chi connectivity index (χ4v) is 5.80. The van der Waals surface area contributed by atoms with Gasteiger partial charge in [0, 0.05) is 39.3 Å². The average molecular weight is 451 g/mol. The molecule has 0 aliphatic carbocycles. The first-order valence-electron chi connectivity index (χ1n) is 10.7. The number of carbonyl (C=O) groups excluding carboxylic acids is 3. The van der Waals surface area contributed by atoms with E-state index in [0.717, 1.165) is 4.90 Å². The number of nitrogens with zero attached hydrogens (tertiary/aromatic N) is 4. The Morgan fingerprint density at radius 1 is 0.968 bits per heavy atom. The Morgan fingerprint density at radius 3 is 1.87 bits per heavy atom. The predicted molar refractivity (Wildman–Crippen MR) is 116 cm³/mol. The summed E-state index contributed by atoms with van der Waals surface area (Å²) in [5, 5.41) is 0. The zero-order valence-electron chi connectivity index (χ0n) is 18.4. The van der Waals surface area contributed by atoms with Gasteiger partial charge in [-0.05, 0) is 18.1 Å². The molecule has 0 radical (unpaired) electrons. The Balaban J connectivity index is 1.76. The number of hydrogen-bond donors (Lipinski definition) is 0. The minimum Gasteiger partial charge on any atom is -0.338 e. The third kappa shape index (κ3) is 4.11. The zero-order valence-corrected chi connectivity index (χ0v) is 19.3. The molecule has 2 heterocycles. The van der Waals surface area contributed by atoms with Gasteiger partial charge in [-0.15, -0.1) is 0 Å². The van der Waals surface area contributed by atoms with Crippen LogP contribution in [0.1, 0.15) is 48.4 Å². The Morgan fingerprint density at radius 2 is 1.45 bits per heavy atom. The molecule has 0 saturated carbocycles. The van der Waals surface area contributed by atoms with Gasteiger partial charge in [0.1, 0.15) is 6.04 Å². The van der Waals surface area contributed by atoms with Crippen LogP contribution in [0.4, 0.5) is 0 Å². The van der Waals surface area contributed by atoms with E-state index in [1.165, 1.54) is 8.61 Å². The summed E-state index contributed by atoms with van der Waals surface area (Å²) < 4.78 is 28.3. The van der Waals surface area contributed by atoms with Crippen molar-refractivity contribution < 1.29 is 22.8 Å². The van der Waals surface area contributed by atoms with Crippen LogP contribution in [-0.4, -0.2) is 89.9 Å². The minimum atomic E-state index is -3.57. The van der Waals surface area contributed by atoms with Gasteiger partial charge in [-0.2, -0.15) is 17.0 Å². The molecule has 9 nitrogen and oxygen atoms in total. The molecule has 3 rings (SSSR count). The number of rotatable bonds is 7. The monoisotopic (exact) mass is 450 g/mol. The highest BCUT2D eigenvalue weighted by atomic mass is 32.2. The van der Waals surface area contributed by atoms with Crippen molar-refractivity contribution >= 4 is 27.9 Å². The fourth-order valence-electron chi connectivity index (χ4n) is 4.19. The maximum atomic E-state index is 13.4. The van der Waals surface area contributed by atoms with Crippen LogP contribution in [0.25, 0.3) is 0 Å². The van der Waals surface area contributed by atoms with E-state index in [-0.39, 0.29) is 38.0 Å². The summed E-state index contributed by atoms with van der Waals surface area (Å²) in [6.45, 7) is 8.72. The van der Waals surface area contributed by atoms with Gasteiger partial charge in [0.15, 0.2) is 0 Å². The van der Waals surface area contributed by atoms with Crippen molar-refractivity contribution in [3.8, 4) is 0 Å². The smallest absolute Gasteiger partial charge is 0.282 e. The van der Waals surface area contributed by atoms with Gasteiger partial charge >= 0.3 is 0 Å². The lowest BCUT2D eigenvalue weighted by Crippen LogP contribution is -2.59. The molecule has 170 valence electrons. The molecule has 0 bridgehead atoms. The summed E-state index contributed by atoms with van der Waals surface area (Å²) in [4.78, 5) is 41.8. The third-order valence-corrected chi connectivity index (χ3v) is 8.08. The van der Waals surface area contributed by atoms with Crippen molar-refractivity contribution in [3.63, 3.8) is 0 Å². The second-order valence-electron chi connectivity index (χ2n) is 8.03. The van der Waals surface area contributed by atoms with E-state index in [2.05, 4.69) is 0 Å². The summed E-state index contributed by atoms with van der Waals surface area (Å²) in [7, 11) is -3.57. The van der Waals surface area contributed by atoms with Crippen molar-refractivity contribution in [2.75, 3.05) is 39.3 Å². The second-order valence-corrected chi connectivity index (χ2v) is 9.96. The SMILES string of the molecule is CCN(CC)S(=O)(=O)N1CCN(C(=O)C(C(C)C)N2C(=O)c3ccccc3C2=O)CC1. The van der Waals surface area contributed by atoms with Gasteiger partial charge < -0.3 is 4.90 Å². The van der Waals surface area contributed by atoms with Gasteiger partial charge in [0.05, 0.1) is 11.1 Å². The normalized spacial score (nSPS) is 18.8. The maximum Gasteiger partial charge on any atom is 0.282 e. The lowest BCUT2D eigenvalue weighted by Gasteiger charge is -2.39. The van der Waals surface area contributed by atoms with Gasteiger partial charge in [0.2, 0.25) is 5.91 Å². The number of imide groups is 1. The van der Waals surface area contributed by atoms with E-state index in [4.69, 9.17) is 0 Å². The highest BCUT2D eigenvalue weighted by Gasteiger charge is 2.45. The van der Waals surface area contributed by atoms with Crippen molar-refractivity contribution in [1.82, 2.24) is 18.4 Å². The largest absolute Gasteiger partial charge is 0.338 e. The molecule has 1 unspecified atom stereocenters. The first-order chi connectivity index (χ1) is 14.6. The van der Waals surface area contributed by atoms with Crippen molar-refractivity contribution in [2.45, 2.75) is 33.7 Å². The van der Waals surface area contributed by atoms with E-state index >= 15 is 0 Å². The molecule has 3 amide bonds. The number of piperazine rings is 1. The number of amides is 3. The molecular weight excluding hydrogens is 420 g/mol. The molecule has 1 fully saturated rings. The molecule has 0 spiro atoms. The van der Waals surface area contributed by atoms with Gasteiger partial charge in [-0.25, -0.2) is 0 Å². The molecule has 1 saturated heterocycles. The molecule has 0 N–H and O–H groups in total. The Kier molecular flexibility index (Phi) is 6.82. The van der Waals surface area contributed by atoms with Crippen LogP contribution in [0.3, 0.4) is 0 Å². The van der Waals surface area contributed by atoms with E-state index in [1.807, 2.05) is 0 Å². The third-order valence-electron chi connectivity index (χ3n) is 5.90. The predicted octanol–water partition coefficient (Wildman–Crippen LogP) is 1.04. The molecule has 1 atom stereocenters. The van der Waals surface area contributed by atoms with Crippen LogP contribution in [-0.2, 0) is 15.0 Å². The van der Waals surface area contributed by atoms with Crippen LogP contribution in [0.5, 0.6) is 0 Å². The minimum absolute atomic E-state index is 0.178. The van der Waals surface area contributed by atoms with Crippen LogP contribution >= 0.6 is 0 Å². The van der Waals surface area contributed by atoms with E-state index in [1.54, 1.807) is 56.9 Å². The summed E-state index contributed by atoms with van der Waals surface area (Å²) in [6.07, 6.45) is 0. The molecule has 0 aromatic heterocycles. The average Bonchev–Trinajstić information content (AvgIpc) is 3.00. The highest BCUT2D eigenvalue weighted by molar-refractivity contribution is 7.86. The van der Waals surface area contributed by atoms with Crippen molar-refractivity contribution in [1.29, 1.82) is 0 Å². The van der Waals surface area contributed by atoms with Crippen LogP contribution in [0.15, 0.2) is 24.3 Å². The van der Waals surface area contributed by atoms with Crippen molar-refractivity contribution in [3.05, 3.63) is 35.4 Å². The topological polar surface area (TPSA) is 98.3 Å². The molecule has 2 aliphatic heterocycles. The summed E-state index contributed by atoms with van der Waals surface area (Å²) in [5.74, 6) is -1.54. The number of benzene rings is 1.